The Hall–Kier alpha value is -3.61. The van der Waals surface area contributed by atoms with Gasteiger partial charge >= 0.3 is 0 Å². The Morgan fingerprint density at radius 1 is 1.12 bits per heavy atom. The van der Waals surface area contributed by atoms with E-state index in [1.165, 1.54) is 11.1 Å². The molecular weight excluding hydrogens is 402 g/mol. The van der Waals surface area contributed by atoms with Gasteiger partial charge in [-0.2, -0.15) is 0 Å². The van der Waals surface area contributed by atoms with Gasteiger partial charge in [0.2, 0.25) is 0 Å². The number of aromatic amines is 1. The largest absolute Gasteiger partial charge is 0.496 e. The number of rotatable bonds is 4. The second-order valence-electron chi connectivity index (χ2n) is 8.57. The van der Waals surface area contributed by atoms with Gasteiger partial charge in [0, 0.05) is 28.6 Å². The molecule has 3 aromatic heterocycles. The molecule has 0 bridgehead atoms. The topological polar surface area (TPSA) is 88.9 Å². The number of nitrogens with one attached hydrogen (secondary N) is 2. The number of fused-ring (bicyclic) bond motifs is 3. The highest BCUT2D eigenvalue weighted by molar-refractivity contribution is 6.12. The van der Waals surface area contributed by atoms with Crippen LogP contribution in [0.2, 0.25) is 0 Å². The summed E-state index contributed by atoms with van der Waals surface area (Å²) < 4.78 is 11.2. The van der Waals surface area contributed by atoms with E-state index in [-0.39, 0.29) is 0 Å². The van der Waals surface area contributed by atoms with Crippen LogP contribution in [-0.4, -0.2) is 33.8 Å². The van der Waals surface area contributed by atoms with Crippen molar-refractivity contribution in [1.29, 1.82) is 0 Å². The summed E-state index contributed by atoms with van der Waals surface area (Å²) in [5, 5.41) is 9.52. The van der Waals surface area contributed by atoms with E-state index in [1.54, 1.807) is 7.11 Å². The SMILES string of the molecule is COc1cc2c(cc1-c1c(C)noc1C)[nH]c1nc(C)nc(C3=C(C(C)C)C=CNC3)c12. The highest BCUT2D eigenvalue weighted by atomic mass is 16.5. The van der Waals surface area contributed by atoms with Crippen LogP contribution < -0.4 is 10.1 Å². The van der Waals surface area contributed by atoms with Gasteiger partial charge in [-0.3, -0.25) is 0 Å². The van der Waals surface area contributed by atoms with Crippen molar-refractivity contribution in [2.45, 2.75) is 34.6 Å². The zero-order valence-electron chi connectivity index (χ0n) is 19.3. The molecule has 1 aliphatic rings. The van der Waals surface area contributed by atoms with Gasteiger partial charge in [0.25, 0.3) is 0 Å². The van der Waals surface area contributed by atoms with Crippen LogP contribution in [0.3, 0.4) is 0 Å². The van der Waals surface area contributed by atoms with E-state index in [4.69, 9.17) is 19.2 Å². The van der Waals surface area contributed by atoms with E-state index < -0.39 is 0 Å². The molecule has 0 spiro atoms. The molecule has 4 aromatic rings. The highest BCUT2D eigenvalue weighted by Crippen LogP contribution is 2.41. The number of hydrogen-bond acceptors (Lipinski definition) is 6. The fourth-order valence-electron chi connectivity index (χ4n) is 4.66. The number of benzene rings is 1. The summed E-state index contributed by atoms with van der Waals surface area (Å²) in [6.07, 6.45) is 4.16. The number of methoxy groups -OCH3 is 1. The van der Waals surface area contributed by atoms with E-state index in [2.05, 4.69) is 47.5 Å². The van der Waals surface area contributed by atoms with Crippen molar-refractivity contribution in [2.24, 2.45) is 5.92 Å². The first-order valence-corrected chi connectivity index (χ1v) is 10.8. The molecule has 7 heteroatoms. The molecule has 4 heterocycles. The minimum Gasteiger partial charge on any atom is -0.496 e. The number of nitrogens with zero attached hydrogens (tertiary/aromatic N) is 3. The molecule has 5 rings (SSSR count). The highest BCUT2D eigenvalue weighted by Gasteiger charge is 2.23. The lowest BCUT2D eigenvalue weighted by molar-refractivity contribution is 0.393. The molecule has 0 amide bonds. The normalized spacial score (nSPS) is 14.1. The fourth-order valence-corrected chi connectivity index (χ4v) is 4.66. The van der Waals surface area contributed by atoms with Crippen LogP contribution in [-0.2, 0) is 0 Å². The molecule has 2 N–H and O–H groups in total. The van der Waals surface area contributed by atoms with Crippen LogP contribution in [0, 0.1) is 26.7 Å². The Balaban J connectivity index is 1.85. The van der Waals surface area contributed by atoms with Gasteiger partial charge in [0.05, 0.1) is 29.4 Å². The Bertz CT molecular complexity index is 1400. The molecule has 0 aliphatic carbocycles. The monoisotopic (exact) mass is 429 g/mol. The van der Waals surface area contributed by atoms with Gasteiger partial charge in [0.1, 0.15) is 23.0 Å². The van der Waals surface area contributed by atoms with Crippen molar-refractivity contribution in [1.82, 2.24) is 25.4 Å². The second kappa shape index (κ2) is 7.51. The van der Waals surface area contributed by atoms with Gasteiger partial charge in [-0.1, -0.05) is 19.0 Å². The van der Waals surface area contributed by atoms with E-state index in [0.717, 1.165) is 68.3 Å². The molecule has 0 saturated heterocycles. The minimum absolute atomic E-state index is 0.388. The molecule has 1 aliphatic heterocycles. The first-order valence-electron chi connectivity index (χ1n) is 10.8. The summed E-state index contributed by atoms with van der Waals surface area (Å²) in [6, 6.07) is 4.16. The summed E-state index contributed by atoms with van der Waals surface area (Å²) in [5.74, 6) is 2.65. The Kier molecular flexibility index (Phi) is 4.77. The number of allylic oxidation sites excluding steroid dienone is 2. The van der Waals surface area contributed by atoms with Crippen LogP contribution in [0.1, 0.15) is 36.8 Å². The Morgan fingerprint density at radius 2 is 1.94 bits per heavy atom. The zero-order valence-corrected chi connectivity index (χ0v) is 19.3. The van der Waals surface area contributed by atoms with E-state index in [1.807, 2.05) is 27.0 Å². The van der Waals surface area contributed by atoms with Crippen LogP contribution in [0.4, 0.5) is 0 Å². The van der Waals surface area contributed by atoms with Crippen LogP contribution in [0.15, 0.2) is 34.5 Å². The molecule has 1 aromatic carbocycles. The van der Waals surface area contributed by atoms with Gasteiger partial charge in [-0.05, 0) is 56.7 Å². The number of aromatic nitrogens is 4. The smallest absolute Gasteiger partial charge is 0.142 e. The molecular formula is C25H27N5O2. The third-order valence-corrected chi connectivity index (χ3v) is 6.10. The van der Waals surface area contributed by atoms with Gasteiger partial charge < -0.3 is 19.6 Å². The van der Waals surface area contributed by atoms with Gasteiger partial charge in [0.15, 0.2) is 0 Å². The molecule has 0 fully saturated rings. The third-order valence-electron chi connectivity index (χ3n) is 6.10. The molecule has 0 unspecified atom stereocenters. The number of ether oxygens (including phenoxy) is 1. The van der Waals surface area contributed by atoms with Crippen molar-refractivity contribution in [3.63, 3.8) is 0 Å². The molecule has 32 heavy (non-hydrogen) atoms. The maximum Gasteiger partial charge on any atom is 0.142 e. The van der Waals surface area contributed by atoms with Crippen LogP contribution in [0.25, 0.3) is 38.6 Å². The number of dihydropyridines is 1. The summed E-state index contributed by atoms with van der Waals surface area (Å²) >= 11 is 0. The van der Waals surface area contributed by atoms with Gasteiger partial charge in [-0.15, -0.1) is 0 Å². The lowest BCUT2D eigenvalue weighted by atomic mass is 9.91. The van der Waals surface area contributed by atoms with Crippen molar-refractivity contribution < 1.29 is 9.26 Å². The lowest BCUT2D eigenvalue weighted by Crippen LogP contribution is -2.18. The maximum absolute atomic E-state index is 5.81. The Morgan fingerprint density at radius 3 is 2.62 bits per heavy atom. The predicted octanol–water partition coefficient (Wildman–Crippen LogP) is 5.23. The first kappa shape index (κ1) is 20.3. The van der Waals surface area contributed by atoms with Gasteiger partial charge in [-0.25, -0.2) is 9.97 Å². The van der Waals surface area contributed by atoms with E-state index in [9.17, 15) is 0 Å². The van der Waals surface area contributed by atoms with Crippen molar-refractivity contribution in [3.8, 4) is 16.9 Å². The van der Waals surface area contributed by atoms with Crippen molar-refractivity contribution in [3.05, 3.63) is 53.0 Å². The molecule has 7 nitrogen and oxygen atoms in total. The van der Waals surface area contributed by atoms with E-state index in [0.29, 0.717) is 5.92 Å². The minimum atomic E-state index is 0.388. The van der Waals surface area contributed by atoms with E-state index >= 15 is 0 Å². The number of H-pyrrole nitrogens is 1. The average molecular weight is 430 g/mol. The lowest BCUT2D eigenvalue weighted by Gasteiger charge is -2.20. The molecule has 0 radical (unpaired) electrons. The molecule has 0 atom stereocenters. The van der Waals surface area contributed by atoms with Crippen LogP contribution >= 0.6 is 0 Å². The maximum atomic E-state index is 5.81. The van der Waals surface area contributed by atoms with Crippen molar-refractivity contribution >= 4 is 27.5 Å². The standard InChI is InChI=1S/C25H27N5O2/c1-12(2)16-7-8-26-11-19(16)24-23-17-10-21(31-6)18(22-13(3)30-32-14(22)4)9-20(17)29-25(23)28-15(5)27-24/h7-10,12,26H,11H2,1-6H3,(H,27,28,29). The molecule has 0 saturated carbocycles. The number of aryl methyl sites for hydroxylation is 3. The predicted molar refractivity (Wildman–Crippen MR) is 127 cm³/mol. The molecule has 164 valence electrons. The Labute approximate surface area is 186 Å². The summed E-state index contributed by atoms with van der Waals surface area (Å²) in [4.78, 5) is 13.1. The quantitative estimate of drug-likeness (QED) is 0.462. The fraction of sp³-hybridized carbons (Fsp3) is 0.320. The van der Waals surface area contributed by atoms with Crippen molar-refractivity contribution in [2.75, 3.05) is 13.7 Å². The average Bonchev–Trinajstić information content (AvgIpc) is 3.30. The van der Waals surface area contributed by atoms with Crippen LogP contribution in [0.5, 0.6) is 5.75 Å². The second-order valence-corrected chi connectivity index (χ2v) is 8.57. The number of hydrogen-bond donors (Lipinski definition) is 2. The summed E-state index contributed by atoms with van der Waals surface area (Å²) in [7, 11) is 1.69. The summed E-state index contributed by atoms with van der Waals surface area (Å²) in [5.41, 5.74) is 7.98. The summed E-state index contributed by atoms with van der Waals surface area (Å²) in [6.45, 7) is 11.0. The third kappa shape index (κ3) is 3.07. The zero-order chi connectivity index (χ0) is 22.6. The first-order chi connectivity index (χ1) is 15.4.